The first-order chi connectivity index (χ1) is 18.9. The van der Waals surface area contributed by atoms with Crippen LogP contribution in [0.3, 0.4) is 0 Å². The Labute approximate surface area is 230 Å². The SMILES string of the molecule is COC(=O)C1=C(C)N=c2s/c(=C/c3cn(-c4ccccc4)nc3-c3ccc(F)cc3)c(=O)n2C1c1cccs1. The van der Waals surface area contributed by atoms with Crippen LogP contribution in [0.2, 0.25) is 0 Å². The van der Waals surface area contributed by atoms with Gasteiger partial charge in [-0.1, -0.05) is 35.6 Å². The van der Waals surface area contributed by atoms with Crippen LogP contribution in [-0.4, -0.2) is 27.4 Å². The summed E-state index contributed by atoms with van der Waals surface area (Å²) in [6.07, 6.45) is 3.62. The Balaban J connectivity index is 1.56. The van der Waals surface area contributed by atoms with E-state index in [2.05, 4.69) is 4.99 Å². The summed E-state index contributed by atoms with van der Waals surface area (Å²) < 4.78 is 22.5. The van der Waals surface area contributed by atoms with Crippen LogP contribution in [0.1, 0.15) is 23.4 Å². The molecular formula is C29H21FN4O3S2. The molecule has 194 valence electrons. The van der Waals surface area contributed by atoms with Gasteiger partial charge in [-0.15, -0.1) is 11.3 Å². The van der Waals surface area contributed by atoms with Crippen molar-refractivity contribution < 1.29 is 13.9 Å². The maximum atomic E-state index is 13.9. The molecule has 0 aliphatic carbocycles. The predicted octanol–water partition coefficient (Wildman–Crippen LogP) is 4.46. The number of ether oxygens (including phenoxy) is 1. The van der Waals surface area contributed by atoms with Gasteiger partial charge in [-0.05, 0) is 60.8 Å². The van der Waals surface area contributed by atoms with Crippen LogP contribution in [-0.2, 0) is 9.53 Å². The number of halogens is 1. The van der Waals surface area contributed by atoms with Crippen LogP contribution in [0, 0.1) is 5.82 Å². The summed E-state index contributed by atoms with van der Waals surface area (Å²) in [5.41, 5.74) is 3.42. The lowest BCUT2D eigenvalue weighted by Gasteiger charge is -2.22. The Bertz CT molecular complexity index is 1900. The van der Waals surface area contributed by atoms with Gasteiger partial charge in [0, 0.05) is 22.2 Å². The number of nitrogens with zero attached hydrogens (tertiary/aromatic N) is 4. The second-order valence-electron chi connectivity index (χ2n) is 8.81. The van der Waals surface area contributed by atoms with Crippen molar-refractivity contribution >= 4 is 34.7 Å². The predicted molar refractivity (Wildman–Crippen MR) is 149 cm³/mol. The van der Waals surface area contributed by atoms with Gasteiger partial charge in [-0.3, -0.25) is 9.36 Å². The van der Waals surface area contributed by atoms with E-state index in [4.69, 9.17) is 9.84 Å². The minimum absolute atomic E-state index is 0.274. The largest absolute Gasteiger partial charge is 0.466 e. The highest BCUT2D eigenvalue weighted by molar-refractivity contribution is 7.10. The summed E-state index contributed by atoms with van der Waals surface area (Å²) in [6, 6.07) is 18.8. The Morgan fingerprint density at radius 1 is 1.08 bits per heavy atom. The number of hydrogen-bond donors (Lipinski definition) is 0. The van der Waals surface area contributed by atoms with Crippen molar-refractivity contribution in [1.29, 1.82) is 0 Å². The van der Waals surface area contributed by atoms with E-state index in [0.717, 1.165) is 10.6 Å². The Hall–Kier alpha value is -4.41. The molecule has 0 saturated heterocycles. The minimum Gasteiger partial charge on any atom is -0.466 e. The number of esters is 1. The quantitative estimate of drug-likeness (QED) is 0.300. The lowest BCUT2D eigenvalue weighted by molar-refractivity contribution is -0.136. The van der Waals surface area contributed by atoms with Gasteiger partial charge in [-0.2, -0.15) is 5.10 Å². The van der Waals surface area contributed by atoms with E-state index < -0.39 is 12.0 Å². The average Bonchev–Trinajstić information content (AvgIpc) is 3.69. The fourth-order valence-corrected chi connectivity index (χ4v) is 6.45. The van der Waals surface area contributed by atoms with Crippen molar-refractivity contribution in [3.63, 3.8) is 0 Å². The highest BCUT2D eigenvalue weighted by atomic mass is 32.1. The standard InChI is InChI=1S/C29H21FN4O3S2/c1-17-24(28(36)37-2)26(22-9-6-14-38-22)34-27(35)23(39-29(34)31-17)15-19-16-33(21-7-4-3-5-8-21)32-25(19)18-10-12-20(30)13-11-18/h3-16,26H,1-2H3/b23-15+. The summed E-state index contributed by atoms with van der Waals surface area (Å²) >= 11 is 2.70. The van der Waals surface area contributed by atoms with E-state index in [-0.39, 0.29) is 11.4 Å². The number of benzene rings is 2. The number of hydrogen-bond acceptors (Lipinski definition) is 7. The molecule has 0 saturated carbocycles. The zero-order valence-corrected chi connectivity index (χ0v) is 22.5. The van der Waals surface area contributed by atoms with Gasteiger partial charge in [-0.25, -0.2) is 18.9 Å². The molecule has 0 bridgehead atoms. The first kappa shape index (κ1) is 24.9. The Morgan fingerprint density at radius 3 is 2.54 bits per heavy atom. The van der Waals surface area contributed by atoms with Crippen molar-refractivity contribution in [1.82, 2.24) is 14.3 Å². The number of thiazole rings is 1. The van der Waals surface area contributed by atoms with Crippen LogP contribution in [0.4, 0.5) is 4.39 Å². The zero-order chi connectivity index (χ0) is 27.1. The topological polar surface area (TPSA) is 78.5 Å². The van der Waals surface area contributed by atoms with Crippen LogP contribution >= 0.6 is 22.7 Å². The van der Waals surface area contributed by atoms with Crippen molar-refractivity contribution in [3.05, 3.63) is 126 Å². The van der Waals surface area contributed by atoms with Gasteiger partial charge in [0.05, 0.1) is 28.6 Å². The molecule has 0 amide bonds. The van der Waals surface area contributed by atoms with Crippen LogP contribution in [0.25, 0.3) is 23.0 Å². The molecule has 39 heavy (non-hydrogen) atoms. The fraction of sp³-hybridized carbons (Fsp3) is 0.103. The molecular weight excluding hydrogens is 535 g/mol. The maximum absolute atomic E-state index is 13.9. The van der Waals surface area contributed by atoms with Gasteiger partial charge in [0.1, 0.15) is 17.6 Å². The van der Waals surface area contributed by atoms with Crippen molar-refractivity contribution in [2.75, 3.05) is 7.11 Å². The molecule has 0 N–H and O–H groups in total. The molecule has 1 aliphatic heterocycles. The van der Waals surface area contributed by atoms with E-state index in [1.54, 1.807) is 34.4 Å². The number of carbonyl (C=O) groups is 1. The van der Waals surface area contributed by atoms with Gasteiger partial charge in [0.15, 0.2) is 4.80 Å². The molecule has 1 atom stereocenters. The minimum atomic E-state index is -0.639. The highest BCUT2D eigenvalue weighted by Crippen LogP contribution is 2.33. The number of aromatic nitrogens is 3. The monoisotopic (exact) mass is 556 g/mol. The smallest absolute Gasteiger partial charge is 0.338 e. The summed E-state index contributed by atoms with van der Waals surface area (Å²) in [6.45, 7) is 1.75. The lowest BCUT2D eigenvalue weighted by atomic mass is 10.0. The molecule has 2 aromatic carbocycles. The average molecular weight is 557 g/mol. The van der Waals surface area contributed by atoms with Crippen LogP contribution in [0.5, 0.6) is 0 Å². The number of thiophene rings is 1. The number of carbonyl (C=O) groups excluding carboxylic acids is 1. The van der Waals surface area contributed by atoms with Gasteiger partial charge in [0.25, 0.3) is 5.56 Å². The number of allylic oxidation sites excluding steroid dienone is 1. The molecule has 5 aromatic rings. The van der Waals surface area contributed by atoms with Gasteiger partial charge < -0.3 is 4.74 Å². The lowest BCUT2D eigenvalue weighted by Crippen LogP contribution is -2.39. The second kappa shape index (κ2) is 10.0. The molecule has 7 nitrogen and oxygen atoms in total. The molecule has 6 rings (SSSR count). The van der Waals surface area contributed by atoms with E-state index in [0.29, 0.717) is 37.4 Å². The summed E-state index contributed by atoms with van der Waals surface area (Å²) in [4.78, 5) is 32.6. The maximum Gasteiger partial charge on any atom is 0.338 e. The third-order valence-corrected chi connectivity index (χ3v) is 8.31. The second-order valence-corrected chi connectivity index (χ2v) is 10.8. The summed E-state index contributed by atoms with van der Waals surface area (Å²) in [5.74, 6) is -0.867. The number of methoxy groups -OCH3 is 1. The first-order valence-corrected chi connectivity index (χ1v) is 13.7. The van der Waals surface area contributed by atoms with Crippen molar-refractivity contribution in [2.24, 2.45) is 4.99 Å². The molecule has 1 unspecified atom stereocenters. The molecule has 0 spiro atoms. The van der Waals surface area contributed by atoms with Crippen molar-refractivity contribution in [2.45, 2.75) is 13.0 Å². The highest BCUT2D eigenvalue weighted by Gasteiger charge is 2.33. The molecule has 1 aliphatic rings. The van der Waals surface area contributed by atoms with E-state index in [1.807, 2.05) is 54.0 Å². The normalized spacial score (nSPS) is 15.3. The summed E-state index contributed by atoms with van der Waals surface area (Å²) in [7, 11) is 1.32. The molecule has 4 heterocycles. The fourth-order valence-electron chi connectivity index (χ4n) is 4.59. The van der Waals surface area contributed by atoms with Gasteiger partial charge in [0.2, 0.25) is 0 Å². The Kier molecular flexibility index (Phi) is 6.41. The molecule has 10 heteroatoms. The number of rotatable bonds is 5. The Morgan fingerprint density at radius 2 is 1.85 bits per heavy atom. The van der Waals surface area contributed by atoms with E-state index in [9.17, 15) is 14.0 Å². The third kappa shape index (κ3) is 4.47. The first-order valence-electron chi connectivity index (χ1n) is 12.0. The number of fused-ring (bicyclic) bond motifs is 1. The van der Waals surface area contributed by atoms with E-state index >= 15 is 0 Å². The number of para-hydroxylation sites is 1. The van der Waals surface area contributed by atoms with Crippen LogP contribution in [0.15, 0.2) is 99.4 Å². The summed E-state index contributed by atoms with van der Waals surface area (Å²) in [5, 5.41) is 6.67. The third-order valence-electron chi connectivity index (χ3n) is 6.41. The molecule has 0 fully saturated rings. The van der Waals surface area contributed by atoms with Crippen LogP contribution < -0.4 is 14.9 Å². The molecule has 0 radical (unpaired) electrons. The van der Waals surface area contributed by atoms with Crippen molar-refractivity contribution in [3.8, 4) is 16.9 Å². The van der Waals surface area contributed by atoms with E-state index in [1.165, 1.54) is 41.9 Å². The zero-order valence-electron chi connectivity index (χ0n) is 20.9. The molecule has 3 aromatic heterocycles. The van der Waals surface area contributed by atoms with Gasteiger partial charge >= 0.3 is 5.97 Å².